The Balaban J connectivity index is 2.54. The van der Waals surface area contributed by atoms with Gasteiger partial charge >= 0.3 is 0 Å². The lowest BCUT2D eigenvalue weighted by Gasteiger charge is -2.05. The van der Waals surface area contributed by atoms with Crippen molar-refractivity contribution in [1.29, 1.82) is 0 Å². The number of aliphatic hydroxyl groups excluding tert-OH is 1. The highest BCUT2D eigenvalue weighted by molar-refractivity contribution is 5.28. The minimum atomic E-state index is 0.234. The van der Waals surface area contributed by atoms with Gasteiger partial charge in [-0.05, 0) is 30.5 Å². The summed E-state index contributed by atoms with van der Waals surface area (Å²) < 4.78 is 5.40. The second kappa shape index (κ2) is 6.22. The summed E-state index contributed by atoms with van der Waals surface area (Å²) in [5, 5.41) is 8.69. The topological polar surface area (TPSA) is 29.5 Å². The van der Waals surface area contributed by atoms with Crippen molar-refractivity contribution in [2.24, 2.45) is 0 Å². The van der Waals surface area contributed by atoms with Gasteiger partial charge in [-0.15, -0.1) is 0 Å². The van der Waals surface area contributed by atoms with Crippen LogP contribution in [-0.4, -0.2) is 18.3 Å². The summed E-state index contributed by atoms with van der Waals surface area (Å²) in [6, 6.07) is 7.92. The van der Waals surface area contributed by atoms with Crippen LogP contribution < -0.4 is 4.74 Å². The monoisotopic (exact) mass is 192 g/mol. The van der Waals surface area contributed by atoms with Crippen molar-refractivity contribution in [3.05, 3.63) is 42.5 Å². The third kappa shape index (κ3) is 3.62. The zero-order chi connectivity index (χ0) is 10.2. The molecule has 0 radical (unpaired) electrons. The Morgan fingerprint density at radius 3 is 3.00 bits per heavy atom. The minimum Gasteiger partial charge on any atom is -0.490 e. The van der Waals surface area contributed by atoms with Crippen molar-refractivity contribution in [3.8, 4) is 5.75 Å². The van der Waals surface area contributed by atoms with Crippen LogP contribution in [0.5, 0.6) is 5.75 Å². The second-order valence-electron chi connectivity index (χ2n) is 3.07. The first-order chi connectivity index (χ1) is 6.86. The predicted molar refractivity (Wildman–Crippen MR) is 57.5 cm³/mol. The number of benzene rings is 1. The Morgan fingerprint density at radius 1 is 1.43 bits per heavy atom. The van der Waals surface area contributed by atoms with Gasteiger partial charge in [-0.25, -0.2) is 0 Å². The molecule has 0 fully saturated rings. The molecule has 0 spiro atoms. The molecule has 76 valence electrons. The molecule has 0 saturated carbocycles. The van der Waals surface area contributed by atoms with Crippen LogP contribution in [-0.2, 0) is 6.42 Å². The van der Waals surface area contributed by atoms with Crippen molar-refractivity contribution < 1.29 is 9.84 Å². The lowest BCUT2D eigenvalue weighted by Crippen LogP contribution is -1.94. The lowest BCUT2D eigenvalue weighted by atomic mass is 10.1. The molecule has 0 aliphatic heterocycles. The molecule has 0 bridgehead atoms. The van der Waals surface area contributed by atoms with E-state index in [9.17, 15) is 0 Å². The third-order valence-electron chi connectivity index (χ3n) is 1.89. The first-order valence-corrected chi connectivity index (χ1v) is 4.80. The molecule has 1 rings (SSSR count). The second-order valence-corrected chi connectivity index (χ2v) is 3.07. The first-order valence-electron chi connectivity index (χ1n) is 4.80. The van der Waals surface area contributed by atoms with Crippen molar-refractivity contribution in [1.82, 2.24) is 0 Å². The zero-order valence-electron chi connectivity index (χ0n) is 8.28. The number of hydrogen-bond acceptors (Lipinski definition) is 2. The van der Waals surface area contributed by atoms with E-state index in [0.717, 1.165) is 18.6 Å². The zero-order valence-corrected chi connectivity index (χ0v) is 8.28. The number of ether oxygens (including phenoxy) is 1. The van der Waals surface area contributed by atoms with E-state index in [2.05, 4.69) is 6.58 Å². The van der Waals surface area contributed by atoms with Crippen molar-refractivity contribution in [2.75, 3.05) is 13.2 Å². The largest absolute Gasteiger partial charge is 0.490 e. The summed E-state index contributed by atoms with van der Waals surface area (Å²) in [6.45, 7) is 4.35. The van der Waals surface area contributed by atoms with Gasteiger partial charge in [0, 0.05) is 6.61 Å². The van der Waals surface area contributed by atoms with Crippen LogP contribution in [0.4, 0.5) is 0 Å². The van der Waals surface area contributed by atoms with Gasteiger partial charge in [0.25, 0.3) is 0 Å². The van der Waals surface area contributed by atoms with Crippen molar-refractivity contribution in [2.45, 2.75) is 12.8 Å². The van der Waals surface area contributed by atoms with Gasteiger partial charge in [-0.2, -0.15) is 0 Å². The van der Waals surface area contributed by atoms with Gasteiger partial charge in [0.05, 0.1) is 0 Å². The molecule has 0 aromatic heterocycles. The van der Waals surface area contributed by atoms with E-state index in [0.29, 0.717) is 6.61 Å². The van der Waals surface area contributed by atoms with Gasteiger partial charge in [0.1, 0.15) is 12.4 Å². The van der Waals surface area contributed by atoms with E-state index in [1.807, 2.05) is 24.3 Å². The average Bonchev–Trinajstić information content (AvgIpc) is 2.24. The normalized spacial score (nSPS) is 9.79. The van der Waals surface area contributed by atoms with Crippen LogP contribution in [0.15, 0.2) is 36.9 Å². The van der Waals surface area contributed by atoms with Crippen LogP contribution in [0, 0.1) is 0 Å². The van der Waals surface area contributed by atoms with Crippen LogP contribution in [0.1, 0.15) is 12.0 Å². The molecule has 1 N–H and O–H groups in total. The summed E-state index contributed by atoms with van der Waals surface area (Å²) >= 11 is 0. The molecule has 0 aliphatic rings. The minimum absolute atomic E-state index is 0.234. The van der Waals surface area contributed by atoms with E-state index < -0.39 is 0 Å². The molecule has 1 aromatic rings. The van der Waals surface area contributed by atoms with E-state index in [4.69, 9.17) is 9.84 Å². The molecule has 0 unspecified atom stereocenters. The molecule has 0 saturated heterocycles. The fourth-order valence-electron chi connectivity index (χ4n) is 1.23. The number of aryl methyl sites for hydroxylation is 1. The van der Waals surface area contributed by atoms with Gasteiger partial charge in [0.15, 0.2) is 0 Å². The maximum atomic E-state index is 8.69. The Kier molecular flexibility index (Phi) is 4.79. The summed E-state index contributed by atoms with van der Waals surface area (Å²) in [5.41, 5.74) is 1.20. The highest BCUT2D eigenvalue weighted by Gasteiger charge is 1.95. The highest BCUT2D eigenvalue weighted by Crippen LogP contribution is 2.14. The number of rotatable bonds is 6. The fraction of sp³-hybridized carbons (Fsp3) is 0.333. The molecule has 2 heteroatoms. The summed E-state index contributed by atoms with van der Waals surface area (Å²) in [4.78, 5) is 0. The van der Waals surface area contributed by atoms with Crippen LogP contribution in [0.3, 0.4) is 0 Å². The standard InChI is InChI=1S/C12H16O2/c1-2-9-14-12-7-3-5-11(10-12)6-4-8-13/h2-3,5,7,10,13H,1,4,6,8-9H2. The quantitative estimate of drug-likeness (QED) is 0.700. The third-order valence-corrected chi connectivity index (χ3v) is 1.89. The highest BCUT2D eigenvalue weighted by atomic mass is 16.5. The Bertz CT molecular complexity index is 281. The fourth-order valence-corrected chi connectivity index (χ4v) is 1.23. The molecule has 0 atom stereocenters. The van der Waals surface area contributed by atoms with E-state index in [1.165, 1.54) is 5.56 Å². The summed E-state index contributed by atoms with van der Waals surface area (Å²) in [6.07, 6.45) is 3.41. The molecule has 1 aromatic carbocycles. The van der Waals surface area contributed by atoms with Gasteiger partial charge in [-0.3, -0.25) is 0 Å². The number of aliphatic hydroxyl groups is 1. The Hall–Kier alpha value is -1.28. The molecular formula is C12H16O2. The summed E-state index contributed by atoms with van der Waals surface area (Å²) in [5.74, 6) is 0.861. The molecule has 14 heavy (non-hydrogen) atoms. The average molecular weight is 192 g/mol. The molecule has 0 aliphatic carbocycles. The van der Waals surface area contributed by atoms with Gasteiger partial charge in [0.2, 0.25) is 0 Å². The number of hydrogen-bond donors (Lipinski definition) is 1. The van der Waals surface area contributed by atoms with Crippen LogP contribution in [0.2, 0.25) is 0 Å². The maximum Gasteiger partial charge on any atom is 0.120 e. The first kappa shape index (κ1) is 10.8. The SMILES string of the molecule is C=CCOc1cccc(CCCO)c1. The van der Waals surface area contributed by atoms with E-state index in [-0.39, 0.29) is 6.61 Å². The van der Waals surface area contributed by atoms with E-state index >= 15 is 0 Å². The van der Waals surface area contributed by atoms with Crippen molar-refractivity contribution >= 4 is 0 Å². The lowest BCUT2D eigenvalue weighted by molar-refractivity contribution is 0.288. The predicted octanol–water partition coefficient (Wildman–Crippen LogP) is 2.18. The molecule has 0 amide bonds. The van der Waals surface area contributed by atoms with Crippen molar-refractivity contribution in [3.63, 3.8) is 0 Å². The Labute approximate surface area is 84.8 Å². The summed E-state index contributed by atoms with van der Waals surface area (Å²) in [7, 11) is 0. The smallest absolute Gasteiger partial charge is 0.120 e. The Morgan fingerprint density at radius 2 is 2.29 bits per heavy atom. The molecule has 2 nitrogen and oxygen atoms in total. The van der Waals surface area contributed by atoms with Crippen LogP contribution >= 0.6 is 0 Å². The van der Waals surface area contributed by atoms with Crippen LogP contribution in [0.25, 0.3) is 0 Å². The molecule has 0 heterocycles. The van der Waals surface area contributed by atoms with E-state index in [1.54, 1.807) is 6.08 Å². The van der Waals surface area contributed by atoms with Gasteiger partial charge in [-0.1, -0.05) is 24.8 Å². The van der Waals surface area contributed by atoms with Gasteiger partial charge < -0.3 is 9.84 Å². The maximum absolute atomic E-state index is 8.69. The molecular weight excluding hydrogens is 176 g/mol.